The lowest BCUT2D eigenvalue weighted by atomic mass is 9.94. The lowest BCUT2D eigenvalue weighted by Crippen LogP contribution is -2.29. The van der Waals surface area contributed by atoms with E-state index in [-0.39, 0.29) is 11.3 Å². The molecule has 1 amide bonds. The van der Waals surface area contributed by atoms with E-state index in [1.54, 1.807) is 42.5 Å². The molecule has 3 aromatic rings. The highest BCUT2D eigenvalue weighted by Crippen LogP contribution is 2.43. The van der Waals surface area contributed by atoms with Crippen molar-refractivity contribution in [2.24, 2.45) is 0 Å². The van der Waals surface area contributed by atoms with Crippen LogP contribution in [0, 0.1) is 5.82 Å². The number of amides is 1. The predicted octanol–water partition coefficient (Wildman–Crippen LogP) is 5.04. The number of fused-ring (bicyclic) bond motifs is 1. The van der Waals surface area contributed by atoms with Gasteiger partial charge >= 0.3 is 0 Å². The van der Waals surface area contributed by atoms with Crippen molar-refractivity contribution in [2.45, 2.75) is 12.5 Å². The van der Waals surface area contributed by atoms with Crippen molar-refractivity contribution in [1.82, 2.24) is 0 Å². The summed E-state index contributed by atoms with van der Waals surface area (Å²) in [6.45, 7) is 0.550. The van der Waals surface area contributed by atoms with Gasteiger partial charge in [-0.05, 0) is 59.7 Å². The molecule has 0 aromatic heterocycles. The van der Waals surface area contributed by atoms with E-state index >= 15 is 0 Å². The molecule has 0 spiro atoms. The molecule has 1 fully saturated rings. The molecule has 1 atom stereocenters. The third-order valence-electron chi connectivity index (χ3n) is 5.68. The molecule has 3 aromatic carbocycles. The summed E-state index contributed by atoms with van der Waals surface area (Å²) in [5.74, 6) is -1.64. The number of anilines is 1. The summed E-state index contributed by atoms with van der Waals surface area (Å²) >= 11 is 6.13. The molecule has 1 N–H and O–H groups in total. The summed E-state index contributed by atoms with van der Waals surface area (Å²) in [5.41, 5.74) is 2.13. The highest BCUT2D eigenvalue weighted by Gasteiger charge is 2.47. The molecule has 160 valence electrons. The van der Waals surface area contributed by atoms with Crippen molar-refractivity contribution in [2.75, 3.05) is 11.5 Å². The predicted molar refractivity (Wildman–Crippen MR) is 118 cm³/mol. The first-order chi connectivity index (χ1) is 15.4. The van der Waals surface area contributed by atoms with Gasteiger partial charge in [-0.2, -0.15) is 0 Å². The van der Waals surface area contributed by atoms with Gasteiger partial charge in [0.25, 0.3) is 11.7 Å². The summed E-state index contributed by atoms with van der Waals surface area (Å²) in [7, 11) is 0. The number of carbonyl (C=O) groups excluding carboxylic acids is 2. The van der Waals surface area contributed by atoms with E-state index in [0.29, 0.717) is 34.9 Å². The molecule has 1 saturated heterocycles. The van der Waals surface area contributed by atoms with Gasteiger partial charge in [0.15, 0.2) is 0 Å². The molecule has 5 rings (SSSR count). The molecule has 2 aliphatic heterocycles. The quantitative estimate of drug-likeness (QED) is 0.345. The van der Waals surface area contributed by atoms with Gasteiger partial charge in [-0.3, -0.25) is 14.5 Å². The van der Waals surface area contributed by atoms with Gasteiger partial charge in [-0.15, -0.1) is 0 Å². The zero-order valence-electron chi connectivity index (χ0n) is 16.7. The Kier molecular flexibility index (Phi) is 4.94. The molecule has 5 nitrogen and oxygen atoms in total. The van der Waals surface area contributed by atoms with Crippen LogP contribution in [0.1, 0.15) is 22.7 Å². The molecule has 7 heteroatoms. The van der Waals surface area contributed by atoms with Gasteiger partial charge in [0.05, 0.1) is 18.2 Å². The highest BCUT2D eigenvalue weighted by molar-refractivity contribution is 6.51. The lowest BCUT2D eigenvalue weighted by molar-refractivity contribution is -0.132. The molecule has 0 saturated carbocycles. The van der Waals surface area contributed by atoms with E-state index in [2.05, 4.69) is 0 Å². The first-order valence-electron chi connectivity index (χ1n) is 10.0. The van der Waals surface area contributed by atoms with Crippen molar-refractivity contribution < 1.29 is 23.8 Å². The molecular weight excluding hydrogens is 433 g/mol. The van der Waals surface area contributed by atoms with Crippen LogP contribution in [-0.2, 0) is 16.0 Å². The molecule has 32 heavy (non-hydrogen) atoms. The zero-order chi connectivity index (χ0) is 22.4. The monoisotopic (exact) mass is 449 g/mol. The third kappa shape index (κ3) is 3.33. The van der Waals surface area contributed by atoms with Gasteiger partial charge in [-0.1, -0.05) is 29.8 Å². The van der Waals surface area contributed by atoms with Crippen molar-refractivity contribution >= 4 is 34.7 Å². The molecule has 0 radical (unpaired) electrons. The molecule has 2 heterocycles. The lowest BCUT2D eigenvalue weighted by Gasteiger charge is -2.25. The fraction of sp³-hybridized carbons (Fsp3) is 0.120. The van der Waals surface area contributed by atoms with Crippen LogP contribution >= 0.6 is 11.6 Å². The number of ketones is 1. The summed E-state index contributed by atoms with van der Waals surface area (Å²) in [4.78, 5) is 27.5. The first-order valence-corrected chi connectivity index (χ1v) is 10.4. The number of hydrogen-bond acceptors (Lipinski definition) is 4. The Morgan fingerprint density at radius 2 is 1.84 bits per heavy atom. The fourth-order valence-electron chi connectivity index (χ4n) is 4.17. The summed E-state index contributed by atoms with van der Waals surface area (Å²) in [6, 6.07) is 16.2. The van der Waals surface area contributed by atoms with Crippen molar-refractivity contribution in [1.29, 1.82) is 0 Å². The SMILES string of the molecule is O=C1C(=O)N(c2cccc(Cl)c2)C(c2ccc(F)cc2)/C1=C(/O)c1ccc2c(c1)CCO2. The van der Waals surface area contributed by atoms with Crippen LogP contribution in [0.3, 0.4) is 0 Å². The van der Waals surface area contributed by atoms with Crippen LogP contribution < -0.4 is 9.64 Å². The minimum atomic E-state index is -0.946. The Hall–Kier alpha value is -3.64. The van der Waals surface area contributed by atoms with Crippen LogP contribution in [0.4, 0.5) is 10.1 Å². The molecule has 1 unspecified atom stereocenters. The smallest absolute Gasteiger partial charge is 0.300 e. The molecular formula is C25H17ClFNO4. The third-order valence-corrected chi connectivity index (χ3v) is 5.91. The Balaban J connectivity index is 1.71. The van der Waals surface area contributed by atoms with Crippen molar-refractivity contribution in [3.8, 4) is 5.75 Å². The second-order valence-electron chi connectivity index (χ2n) is 7.62. The minimum absolute atomic E-state index is 0.0690. The zero-order valence-corrected chi connectivity index (χ0v) is 17.5. The van der Waals surface area contributed by atoms with Crippen molar-refractivity contribution in [3.05, 3.63) is 99.8 Å². The second-order valence-corrected chi connectivity index (χ2v) is 8.06. The summed E-state index contributed by atoms with van der Waals surface area (Å²) in [5, 5.41) is 11.6. The second kappa shape index (κ2) is 7.80. The van der Waals surface area contributed by atoms with Crippen molar-refractivity contribution in [3.63, 3.8) is 0 Å². The average molecular weight is 450 g/mol. The Morgan fingerprint density at radius 1 is 1.06 bits per heavy atom. The number of carbonyl (C=O) groups is 2. The maximum absolute atomic E-state index is 13.6. The number of hydrogen-bond donors (Lipinski definition) is 1. The Morgan fingerprint density at radius 3 is 2.59 bits per heavy atom. The summed E-state index contributed by atoms with van der Waals surface area (Å²) in [6.07, 6.45) is 0.689. The maximum Gasteiger partial charge on any atom is 0.300 e. The van der Waals surface area contributed by atoms with Crippen LogP contribution in [0.5, 0.6) is 5.75 Å². The molecule has 2 aliphatic rings. The number of Topliss-reactive ketones (excluding diaryl/α,β-unsaturated/α-hetero) is 1. The number of aliphatic hydroxyl groups excluding tert-OH is 1. The van der Waals surface area contributed by atoms with Crippen LogP contribution in [0.15, 0.2) is 72.3 Å². The van der Waals surface area contributed by atoms with E-state index in [9.17, 15) is 19.1 Å². The number of benzene rings is 3. The number of rotatable bonds is 3. The topological polar surface area (TPSA) is 66.8 Å². The number of ether oxygens (including phenoxy) is 1. The Bertz CT molecular complexity index is 1290. The maximum atomic E-state index is 13.6. The summed E-state index contributed by atoms with van der Waals surface area (Å²) < 4.78 is 19.1. The Labute approximate surface area is 188 Å². The largest absolute Gasteiger partial charge is 0.507 e. The van der Waals surface area contributed by atoms with Gasteiger partial charge < -0.3 is 9.84 Å². The van der Waals surface area contributed by atoms with E-state index in [4.69, 9.17) is 16.3 Å². The number of halogens is 2. The standard InChI is InChI=1S/C25H17ClFNO4/c26-17-2-1-3-19(13-17)28-22(14-4-7-18(27)8-5-14)21(24(30)25(28)31)23(29)16-6-9-20-15(12-16)10-11-32-20/h1-9,12-13,22,29H,10-11H2/b23-21-. The number of nitrogens with zero attached hydrogens (tertiary/aromatic N) is 1. The molecule has 0 bridgehead atoms. The van der Waals surface area contributed by atoms with Crippen LogP contribution in [0.2, 0.25) is 5.02 Å². The normalized spacial score (nSPS) is 19.2. The van der Waals surface area contributed by atoms with Crippen LogP contribution in [0.25, 0.3) is 5.76 Å². The van der Waals surface area contributed by atoms with Gasteiger partial charge in [-0.25, -0.2) is 4.39 Å². The fourth-order valence-corrected chi connectivity index (χ4v) is 4.36. The van der Waals surface area contributed by atoms with Crippen LogP contribution in [-0.4, -0.2) is 23.4 Å². The van der Waals surface area contributed by atoms with E-state index in [1.165, 1.54) is 29.2 Å². The minimum Gasteiger partial charge on any atom is -0.507 e. The van der Waals surface area contributed by atoms with Gasteiger partial charge in [0, 0.05) is 22.7 Å². The van der Waals surface area contributed by atoms with E-state index < -0.39 is 23.5 Å². The van der Waals surface area contributed by atoms with E-state index in [0.717, 1.165) is 11.3 Å². The van der Waals surface area contributed by atoms with Gasteiger partial charge in [0.1, 0.15) is 17.3 Å². The number of aliphatic hydroxyl groups is 1. The van der Waals surface area contributed by atoms with Gasteiger partial charge in [0.2, 0.25) is 0 Å². The average Bonchev–Trinajstić information content (AvgIpc) is 3.36. The highest BCUT2D eigenvalue weighted by atomic mass is 35.5. The first kappa shape index (κ1) is 20.3. The van der Waals surface area contributed by atoms with E-state index in [1.807, 2.05) is 0 Å². The molecule has 0 aliphatic carbocycles.